The minimum atomic E-state index is 1.16. The Morgan fingerprint density at radius 2 is 2.40 bits per heavy atom. The van der Waals surface area contributed by atoms with Gasteiger partial charge in [-0.2, -0.15) is 0 Å². The summed E-state index contributed by atoms with van der Waals surface area (Å²) < 4.78 is 0. The van der Waals surface area contributed by atoms with E-state index < -0.39 is 0 Å². The minimum Gasteiger partial charge on any atom is -0.0936 e. The van der Waals surface area contributed by atoms with E-state index in [4.69, 9.17) is 0 Å². The molecule has 0 nitrogen and oxygen atoms in total. The van der Waals surface area contributed by atoms with Crippen LogP contribution in [0.1, 0.15) is 0 Å². The Hall–Kier alpha value is 0.545. The Labute approximate surface area is 42.3 Å². The van der Waals surface area contributed by atoms with Crippen molar-refractivity contribution in [2.45, 2.75) is 13.1 Å². The summed E-state index contributed by atoms with van der Waals surface area (Å²) in [5.41, 5.74) is 0. The van der Waals surface area contributed by atoms with Crippen LogP contribution in [0.4, 0.5) is 0 Å². The van der Waals surface area contributed by atoms with Crippen LogP contribution >= 0.6 is 15.9 Å². The topological polar surface area (TPSA) is 0 Å². The molecule has 0 rings (SSSR count). The van der Waals surface area contributed by atoms with Crippen molar-refractivity contribution in [3.8, 4) is 0 Å². The Morgan fingerprint density at radius 1 is 1.80 bits per heavy atom. The molecule has 2 heteroatoms. The highest BCUT2D eigenvalue weighted by atomic mass is 79.9. The standard InChI is InChI=1S/C3H8BBr/c1-4-2-3-5/h4H,2-3H2,1H3. The van der Waals surface area contributed by atoms with E-state index in [1.54, 1.807) is 0 Å². The van der Waals surface area contributed by atoms with Crippen LogP contribution in [0.3, 0.4) is 0 Å². The van der Waals surface area contributed by atoms with E-state index in [0.29, 0.717) is 0 Å². The van der Waals surface area contributed by atoms with Crippen LogP contribution in [0.15, 0.2) is 0 Å². The van der Waals surface area contributed by atoms with E-state index in [2.05, 4.69) is 22.8 Å². The molecule has 0 bridgehead atoms. The first-order valence-electron chi connectivity index (χ1n) is 1.97. The molecule has 0 saturated heterocycles. The molecule has 0 heterocycles. The van der Waals surface area contributed by atoms with E-state index in [0.717, 1.165) is 5.33 Å². The van der Waals surface area contributed by atoms with Gasteiger partial charge in [0.25, 0.3) is 0 Å². The zero-order chi connectivity index (χ0) is 4.12. The fourth-order valence-electron chi connectivity index (χ4n) is 0.134. The molecule has 0 N–H and O–H groups in total. The summed E-state index contributed by atoms with van der Waals surface area (Å²) in [5, 5.41) is 1.16. The maximum absolute atomic E-state index is 3.31. The Bertz CT molecular complexity index is 14.4. The fraction of sp³-hybridized carbons (Fsp3) is 1.00. The highest BCUT2D eigenvalue weighted by Crippen LogP contribution is 1.83. The lowest BCUT2D eigenvalue weighted by Gasteiger charge is -1.74. The minimum absolute atomic E-state index is 1.16. The zero-order valence-corrected chi connectivity index (χ0v) is 5.09. The van der Waals surface area contributed by atoms with Crippen molar-refractivity contribution in [3.63, 3.8) is 0 Å². The van der Waals surface area contributed by atoms with Crippen LogP contribution in [-0.2, 0) is 0 Å². The number of rotatable bonds is 2. The molecule has 0 aliphatic heterocycles. The normalized spacial score (nSPS) is 7.60. The van der Waals surface area contributed by atoms with E-state index in [1.165, 1.54) is 13.6 Å². The van der Waals surface area contributed by atoms with E-state index in [-0.39, 0.29) is 0 Å². The van der Waals surface area contributed by atoms with Crippen molar-refractivity contribution < 1.29 is 0 Å². The van der Waals surface area contributed by atoms with Crippen molar-refractivity contribution in [3.05, 3.63) is 0 Å². The number of alkyl halides is 1. The molecule has 0 aromatic heterocycles. The van der Waals surface area contributed by atoms with E-state index in [1.807, 2.05) is 0 Å². The number of halogens is 1. The zero-order valence-electron chi connectivity index (χ0n) is 3.50. The lowest BCUT2D eigenvalue weighted by Crippen LogP contribution is -1.77. The van der Waals surface area contributed by atoms with Crippen molar-refractivity contribution in [1.29, 1.82) is 0 Å². The van der Waals surface area contributed by atoms with Crippen LogP contribution in [0, 0.1) is 0 Å². The fourth-order valence-corrected chi connectivity index (χ4v) is 0.694. The maximum atomic E-state index is 3.31. The van der Waals surface area contributed by atoms with Gasteiger partial charge in [-0.25, -0.2) is 0 Å². The highest BCUT2D eigenvalue weighted by molar-refractivity contribution is 9.09. The molecule has 30 valence electrons. The van der Waals surface area contributed by atoms with Gasteiger partial charge in [0.1, 0.15) is 7.28 Å². The summed E-state index contributed by atoms with van der Waals surface area (Å²) >= 11 is 3.31. The molecule has 0 aliphatic carbocycles. The summed E-state index contributed by atoms with van der Waals surface area (Å²) in [5.74, 6) is 0. The average molecular weight is 135 g/mol. The lowest BCUT2D eigenvalue weighted by molar-refractivity contribution is 1.50. The number of hydrogen-bond donors (Lipinski definition) is 0. The molecule has 0 saturated carbocycles. The van der Waals surface area contributed by atoms with Crippen molar-refractivity contribution in [2.24, 2.45) is 0 Å². The van der Waals surface area contributed by atoms with Gasteiger partial charge in [0, 0.05) is 0 Å². The summed E-state index contributed by atoms with van der Waals surface area (Å²) in [6.07, 6.45) is 1.31. The maximum Gasteiger partial charge on any atom is 0.118 e. The van der Waals surface area contributed by atoms with Crippen LogP contribution in [0.5, 0.6) is 0 Å². The average Bonchev–Trinajstić information content (AvgIpc) is 1.41. The first-order valence-corrected chi connectivity index (χ1v) is 3.10. The smallest absolute Gasteiger partial charge is 0.0936 e. The second kappa shape index (κ2) is 4.54. The molecule has 0 atom stereocenters. The summed E-state index contributed by atoms with van der Waals surface area (Å²) in [7, 11) is 1.30. The lowest BCUT2D eigenvalue weighted by atomic mass is 9.79. The van der Waals surface area contributed by atoms with Gasteiger partial charge in [-0.1, -0.05) is 29.1 Å². The highest BCUT2D eigenvalue weighted by Gasteiger charge is 1.73. The van der Waals surface area contributed by atoms with Crippen molar-refractivity contribution in [2.75, 3.05) is 5.33 Å². The Morgan fingerprint density at radius 3 is 2.40 bits per heavy atom. The van der Waals surface area contributed by atoms with Gasteiger partial charge in [-0.05, 0) is 5.33 Å². The summed E-state index contributed by atoms with van der Waals surface area (Å²) in [4.78, 5) is 0. The monoisotopic (exact) mass is 134 g/mol. The summed E-state index contributed by atoms with van der Waals surface area (Å²) in [6.45, 7) is 2.18. The molecule has 0 aliphatic rings. The molecule has 0 fully saturated rings. The molecule has 0 unspecified atom stereocenters. The molecule has 0 aromatic rings. The molecule has 5 heavy (non-hydrogen) atoms. The third-order valence-electron chi connectivity index (χ3n) is 0.487. The predicted octanol–water partition coefficient (Wildman–Crippen LogP) is 1.28. The van der Waals surface area contributed by atoms with E-state index >= 15 is 0 Å². The largest absolute Gasteiger partial charge is 0.118 e. The second-order valence-electron chi connectivity index (χ2n) is 1.04. The van der Waals surface area contributed by atoms with Gasteiger partial charge in [0.15, 0.2) is 0 Å². The first-order chi connectivity index (χ1) is 2.41. The van der Waals surface area contributed by atoms with Crippen LogP contribution in [0.25, 0.3) is 0 Å². The summed E-state index contributed by atoms with van der Waals surface area (Å²) in [6, 6.07) is 0. The first kappa shape index (κ1) is 5.54. The van der Waals surface area contributed by atoms with Gasteiger partial charge >= 0.3 is 0 Å². The molecule has 0 amide bonds. The molecular formula is C3H8BBr. The van der Waals surface area contributed by atoms with Crippen LogP contribution in [0.2, 0.25) is 13.1 Å². The van der Waals surface area contributed by atoms with Gasteiger partial charge in [-0.15, -0.1) is 0 Å². The quantitative estimate of drug-likeness (QED) is 0.395. The molecular weight excluding hydrogens is 127 g/mol. The van der Waals surface area contributed by atoms with Gasteiger partial charge in [-0.3, -0.25) is 0 Å². The molecule has 0 aromatic carbocycles. The van der Waals surface area contributed by atoms with Crippen molar-refractivity contribution in [1.82, 2.24) is 0 Å². The predicted molar refractivity (Wildman–Crippen MR) is 31.6 cm³/mol. The Balaban J connectivity index is 2.19. The van der Waals surface area contributed by atoms with Crippen LogP contribution < -0.4 is 0 Å². The molecule has 0 spiro atoms. The van der Waals surface area contributed by atoms with E-state index in [9.17, 15) is 0 Å². The third kappa shape index (κ3) is 4.54. The second-order valence-corrected chi connectivity index (χ2v) is 1.84. The number of hydrogen-bond acceptors (Lipinski definition) is 0. The van der Waals surface area contributed by atoms with Crippen LogP contribution in [-0.4, -0.2) is 12.6 Å². The third-order valence-corrected chi connectivity index (χ3v) is 1.05. The SMILES string of the molecule is CBCCBr. The Kier molecular flexibility index (Phi) is 5.04. The van der Waals surface area contributed by atoms with Crippen molar-refractivity contribution >= 4 is 23.2 Å². The van der Waals surface area contributed by atoms with Gasteiger partial charge in [0.2, 0.25) is 0 Å². The van der Waals surface area contributed by atoms with Gasteiger partial charge < -0.3 is 0 Å². The molecule has 0 radical (unpaired) electrons. The van der Waals surface area contributed by atoms with Gasteiger partial charge in [0.05, 0.1) is 0 Å².